The Morgan fingerprint density at radius 1 is 1.38 bits per heavy atom. The van der Waals surface area contributed by atoms with E-state index < -0.39 is 0 Å². The zero-order chi connectivity index (χ0) is 9.26. The van der Waals surface area contributed by atoms with Gasteiger partial charge in [-0.05, 0) is 24.3 Å². The van der Waals surface area contributed by atoms with Gasteiger partial charge in [0.15, 0.2) is 0 Å². The molecule has 0 fully saturated rings. The number of hydrogen-bond donors (Lipinski definition) is 1. The van der Waals surface area contributed by atoms with Crippen molar-refractivity contribution in [2.45, 2.75) is 0 Å². The monoisotopic (exact) mass is 174 g/mol. The molecule has 0 bridgehead atoms. The lowest BCUT2D eigenvalue weighted by atomic mass is 10.2. The molecule has 0 saturated carbocycles. The smallest absolute Gasteiger partial charge is 0.252 e. The molecule has 2 heterocycles. The molecule has 0 spiro atoms. The van der Waals surface area contributed by atoms with Gasteiger partial charge in [0.05, 0.1) is 5.56 Å². The number of hydrogen-bond acceptors (Lipinski definition) is 1. The number of rotatable bonds is 1. The molecule has 0 aromatic carbocycles. The predicted molar refractivity (Wildman–Crippen MR) is 50.8 cm³/mol. The van der Waals surface area contributed by atoms with Gasteiger partial charge in [-0.2, -0.15) is 0 Å². The van der Waals surface area contributed by atoms with Gasteiger partial charge in [-0.3, -0.25) is 4.79 Å². The second-order valence-electron chi connectivity index (χ2n) is 2.84. The van der Waals surface area contributed by atoms with Crippen molar-refractivity contribution in [1.82, 2.24) is 9.72 Å². The molecule has 13 heavy (non-hydrogen) atoms. The molecule has 1 N–H and O–H groups in total. The number of amides is 1. The number of pyridine rings is 1. The molecule has 0 aliphatic heterocycles. The summed E-state index contributed by atoms with van der Waals surface area (Å²) in [5, 5.41) is 2.59. The number of nitrogens with zero attached hydrogens (tertiary/aromatic N) is 1. The zero-order valence-electron chi connectivity index (χ0n) is 7.32. The molecule has 0 aliphatic rings. The van der Waals surface area contributed by atoms with Crippen LogP contribution in [0.25, 0.3) is 5.52 Å². The Labute approximate surface area is 76.0 Å². The molecule has 0 atom stereocenters. The van der Waals surface area contributed by atoms with Crippen molar-refractivity contribution in [3.63, 3.8) is 0 Å². The third-order valence-electron chi connectivity index (χ3n) is 2.01. The van der Waals surface area contributed by atoms with Gasteiger partial charge in [0.25, 0.3) is 5.91 Å². The number of aromatic nitrogens is 1. The summed E-state index contributed by atoms with van der Waals surface area (Å²) in [5.41, 5.74) is 1.76. The van der Waals surface area contributed by atoms with E-state index in [-0.39, 0.29) is 5.91 Å². The van der Waals surface area contributed by atoms with Gasteiger partial charge in [-0.1, -0.05) is 0 Å². The van der Waals surface area contributed by atoms with Crippen LogP contribution in [0.15, 0.2) is 36.7 Å². The normalized spacial score (nSPS) is 10.2. The van der Waals surface area contributed by atoms with Crippen LogP contribution in [0.5, 0.6) is 0 Å². The average molecular weight is 174 g/mol. The predicted octanol–water partition coefficient (Wildman–Crippen LogP) is 1.30. The molecule has 2 aromatic rings. The van der Waals surface area contributed by atoms with Gasteiger partial charge in [0.1, 0.15) is 0 Å². The molecule has 66 valence electrons. The van der Waals surface area contributed by atoms with Crippen LogP contribution in [0.3, 0.4) is 0 Å². The lowest BCUT2D eigenvalue weighted by molar-refractivity contribution is 0.0962. The molecule has 3 nitrogen and oxygen atoms in total. The van der Waals surface area contributed by atoms with Crippen molar-refractivity contribution in [3.05, 3.63) is 42.2 Å². The Balaban J connectivity index is 2.54. The highest BCUT2D eigenvalue weighted by Gasteiger charge is 2.02. The van der Waals surface area contributed by atoms with E-state index >= 15 is 0 Å². The maximum atomic E-state index is 11.3. The molecule has 0 unspecified atom stereocenters. The Kier molecular flexibility index (Phi) is 1.77. The highest BCUT2D eigenvalue weighted by Crippen LogP contribution is 2.06. The quantitative estimate of drug-likeness (QED) is 0.694. The van der Waals surface area contributed by atoms with Crippen LogP contribution in [0, 0.1) is 0 Å². The van der Waals surface area contributed by atoms with Gasteiger partial charge in [-0.15, -0.1) is 0 Å². The highest BCUT2D eigenvalue weighted by atomic mass is 16.1. The van der Waals surface area contributed by atoms with Crippen LogP contribution in [0.4, 0.5) is 0 Å². The largest absolute Gasteiger partial charge is 0.355 e. The summed E-state index contributed by atoms with van der Waals surface area (Å²) >= 11 is 0. The molecule has 1 amide bonds. The summed E-state index contributed by atoms with van der Waals surface area (Å²) in [4.78, 5) is 11.3. The first kappa shape index (κ1) is 7.86. The summed E-state index contributed by atoms with van der Waals surface area (Å²) in [6.07, 6.45) is 3.73. The van der Waals surface area contributed by atoms with Gasteiger partial charge in [-0.25, -0.2) is 0 Å². The van der Waals surface area contributed by atoms with Crippen LogP contribution in [0.2, 0.25) is 0 Å². The standard InChI is InChI=1S/C10H10N2O/c1-11-10(13)8-4-5-9-3-2-6-12(9)7-8/h2-7H,1H3,(H,11,13). The highest BCUT2D eigenvalue weighted by molar-refractivity contribution is 5.94. The van der Waals surface area contributed by atoms with Crippen molar-refractivity contribution >= 4 is 11.4 Å². The number of nitrogens with one attached hydrogen (secondary N) is 1. The maximum Gasteiger partial charge on any atom is 0.252 e. The van der Waals surface area contributed by atoms with E-state index in [2.05, 4.69) is 5.32 Å². The summed E-state index contributed by atoms with van der Waals surface area (Å²) in [6, 6.07) is 7.68. The molecular formula is C10H10N2O. The summed E-state index contributed by atoms with van der Waals surface area (Å²) in [6.45, 7) is 0. The van der Waals surface area contributed by atoms with Gasteiger partial charge < -0.3 is 9.72 Å². The molecule has 0 aliphatic carbocycles. The van der Waals surface area contributed by atoms with Crippen LogP contribution in [-0.4, -0.2) is 17.4 Å². The minimum atomic E-state index is -0.0596. The fourth-order valence-corrected chi connectivity index (χ4v) is 1.31. The van der Waals surface area contributed by atoms with Crippen LogP contribution >= 0.6 is 0 Å². The van der Waals surface area contributed by atoms with Crippen molar-refractivity contribution in [1.29, 1.82) is 0 Å². The topological polar surface area (TPSA) is 33.5 Å². The SMILES string of the molecule is CNC(=O)c1ccc2cccn2c1. The van der Waals surface area contributed by atoms with E-state index in [4.69, 9.17) is 0 Å². The van der Waals surface area contributed by atoms with Crippen molar-refractivity contribution < 1.29 is 4.79 Å². The first-order chi connectivity index (χ1) is 6.31. The summed E-state index contributed by atoms with van der Waals surface area (Å²) in [7, 11) is 1.63. The third-order valence-corrected chi connectivity index (χ3v) is 2.01. The maximum absolute atomic E-state index is 11.3. The first-order valence-corrected chi connectivity index (χ1v) is 4.10. The minimum Gasteiger partial charge on any atom is -0.355 e. The Hall–Kier alpha value is -1.77. The van der Waals surface area contributed by atoms with Gasteiger partial charge in [0, 0.05) is 25.0 Å². The van der Waals surface area contributed by atoms with Gasteiger partial charge in [0.2, 0.25) is 0 Å². The molecule has 3 heteroatoms. The molecule has 2 rings (SSSR count). The van der Waals surface area contributed by atoms with Crippen molar-refractivity contribution in [3.8, 4) is 0 Å². The number of carbonyl (C=O) groups excluding carboxylic acids is 1. The fourth-order valence-electron chi connectivity index (χ4n) is 1.31. The number of carbonyl (C=O) groups is 1. The van der Waals surface area contributed by atoms with E-state index in [9.17, 15) is 4.79 Å². The fraction of sp³-hybridized carbons (Fsp3) is 0.100. The lowest BCUT2D eigenvalue weighted by Gasteiger charge is -2.00. The van der Waals surface area contributed by atoms with E-state index in [0.717, 1.165) is 5.52 Å². The molecule has 0 radical (unpaired) electrons. The average Bonchev–Trinajstić information content (AvgIpc) is 2.63. The Bertz CT molecular complexity index is 445. The molecule has 2 aromatic heterocycles. The lowest BCUT2D eigenvalue weighted by Crippen LogP contribution is -2.17. The molecule has 0 saturated heterocycles. The van der Waals surface area contributed by atoms with Crippen molar-refractivity contribution in [2.75, 3.05) is 7.05 Å². The zero-order valence-corrected chi connectivity index (χ0v) is 7.32. The summed E-state index contributed by atoms with van der Waals surface area (Å²) in [5.74, 6) is -0.0596. The van der Waals surface area contributed by atoms with Gasteiger partial charge >= 0.3 is 0 Å². The van der Waals surface area contributed by atoms with E-state index in [1.54, 1.807) is 7.05 Å². The Morgan fingerprint density at radius 3 is 3.00 bits per heavy atom. The van der Waals surface area contributed by atoms with E-state index in [1.807, 2.05) is 41.1 Å². The van der Waals surface area contributed by atoms with E-state index in [0.29, 0.717) is 5.56 Å². The van der Waals surface area contributed by atoms with Crippen molar-refractivity contribution in [2.24, 2.45) is 0 Å². The second kappa shape index (κ2) is 2.94. The van der Waals surface area contributed by atoms with Crippen LogP contribution in [-0.2, 0) is 0 Å². The molecular weight excluding hydrogens is 164 g/mol. The van der Waals surface area contributed by atoms with E-state index in [1.165, 1.54) is 0 Å². The minimum absolute atomic E-state index is 0.0596. The first-order valence-electron chi connectivity index (χ1n) is 4.10. The van der Waals surface area contributed by atoms with Crippen LogP contribution < -0.4 is 5.32 Å². The third kappa shape index (κ3) is 1.28. The summed E-state index contributed by atoms with van der Waals surface area (Å²) < 4.78 is 1.92. The van der Waals surface area contributed by atoms with Crippen LogP contribution in [0.1, 0.15) is 10.4 Å². The number of fused-ring (bicyclic) bond motifs is 1. The second-order valence-corrected chi connectivity index (χ2v) is 2.84. The Morgan fingerprint density at radius 2 is 2.23 bits per heavy atom.